The summed E-state index contributed by atoms with van der Waals surface area (Å²) in [6.45, 7) is 4.21. The fraction of sp³-hybridized carbons (Fsp3) is 0.167. The van der Waals surface area contributed by atoms with Crippen molar-refractivity contribution in [3.63, 3.8) is 0 Å². The van der Waals surface area contributed by atoms with Crippen LogP contribution in [0.2, 0.25) is 14.5 Å². The van der Waals surface area contributed by atoms with Gasteiger partial charge in [-0.1, -0.05) is 29.8 Å². The van der Waals surface area contributed by atoms with Crippen molar-refractivity contribution in [1.29, 1.82) is 0 Å². The minimum absolute atomic E-state index is 0.417. The number of hydrogen-bond acceptors (Lipinski definition) is 1. The molecule has 0 bridgehead atoms. The van der Waals surface area contributed by atoms with Gasteiger partial charge < -0.3 is 0 Å². The van der Waals surface area contributed by atoms with Crippen LogP contribution in [0.3, 0.4) is 0 Å². The summed E-state index contributed by atoms with van der Waals surface area (Å²) in [7, 11) is 0. The molecular formula is C6H5Cl3NS+. The van der Waals surface area contributed by atoms with Gasteiger partial charge in [0, 0.05) is 0 Å². The minimum Gasteiger partial charge on any atom is -0.117 e. The van der Waals surface area contributed by atoms with Crippen molar-refractivity contribution in [2.75, 3.05) is 0 Å². The number of halogens is 3. The first kappa shape index (κ1) is 9.33. The van der Waals surface area contributed by atoms with Gasteiger partial charge in [0.25, 0.3) is 0 Å². The Morgan fingerprint density at radius 2 is 2.09 bits per heavy atom. The molecule has 0 amide bonds. The van der Waals surface area contributed by atoms with Crippen LogP contribution >= 0.6 is 46.3 Å². The van der Waals surface area contributed by atoms with Crippen molar-refractivity contribution >= 4 is 46.3 Å². The van der Waals surface area contributed by atoms with Gasteiger partial charge in [-0.05, 0) is 17.7 Å². The zero-order chi connectivity index (χ0) is 8.43. The van der Waals surface area contributed by atoms with Crippen molar-refractivity contribution in [3.8, 4) is 0 Å². The molecule has 0 saturated carbocycles. The van der Waals surface area contributed by atoms with Crippen LogP contribution in [0.1, 0.15) is 0 Å². The van der Waals surface area contributed by atoms with E-state index in [-0.39, 0.29) is 0 Å². The Morgan fingerprint density at radius 3 is 2.45 bits per heavy atom. The van der Waals surface area contributed by atoms with Crippen molar-refractivity contribution in [1.82, 2.24) is 0 Å². The van der Waals surface area contributed by atoms with E-state index in [2.05, 4.69) is 6.58 Å². The van der Waals surface area contributed by atoms with Crippen LogP contribution in [0, 0.1) is 0 Å². The van der Waals surface area contributed by atoms with E-state index in [1.165, 1.54) is 11.5 Å². The Morgan fingerprint density at radius 1 is 1.45 bits per heavy atom. The third-order valence-electron chi connectivity index (χ3n) is 1.06. The van der Waals surface area contributed by atoms with Gasteiger partial charge in [-0.3, -0.25) is 0 Å². The highest BCUT2D eigenvalue weighted by atomic mass is 35.5. The van der Waals surface area contributed by atoms with E-state index in [1.807, 2.05) is 0 Å². The van der Waals surface area contributed by atoms with Crippen LogP contribution in [0.15, 0.2) is 12.7 Å². The van der Waals surface area contributed by atoms with Crippen molar-refractivity contribution in [3.05, 3.63) is 27.2 Å². The van der Waals surface area contributed by atoms with E-state index in [1.54, 1.807) is 10.0 Å². The molecule has 1 aromatic heterocycles. The molecule has 5 heteroatoms. The first-order chi connectivity index (χ1) is 5.16. The van der Waals surface area contributed by atoms with Gasteiger partial charge in [-0.2, -0.15) is 0 Å². The zero-order valence-electron chi connectivity index (χ0n) is 5.48. The van der Waals surface area contributed by atoms with Crippen LogP contribution in [0.25, 0.3) is 0 Å². The van der Waals surface area contributed by atoms with Crippen LogP contribution < -0.4 is 3.96 Å². The summed E-state index contributed by atoms with van der Waals surface area (Å²) in [5, 5.41) is 0.891. The second-order valence-electron chi connectivity index (χ2n) is 1.82. The molecule has 0 aromatic carbocycles. The third kappa shape index (κ3) is 1.88. The standard InChI is InChI=1S/C6H5Cl3NS/c1-2-3-10-5(8)4(7)6(9)11-10/h2H,1,3H2/q+1. The molecular weight excluding hydrogens is 224 g/mol. The average molecular weight is 230 g/mol. The monoisotopic (exact) mass is 228 g/mol. The zero-order valence-corrected chi connectivity index (χ0v) is 8.57. The summed E-state index contributed by atoms with van der Waals surface area (Å²) in [4.78, 5) is 0. The van der Waals surface area contributed by atoms with Gasteiger partial charge in [0.1, 0.15) is 0 Å². The molecule has 0 radical (unpaired) electrons. The van der Waals surface area contributed by atoms with E-state index in [0.717, 1.165) is 0 Å². The van der Waals surface area contributed by atoms with Crippen LogP contribution in [-0.4, -0.2) is 0 Å². The first-order valence-electron chi connectivity index (χ1n) is 2.81. The maximum Gasteiger partial charge on any atom is 0.309 e. The molecule has 1 rings (SSSR count). The molecule has 11 heavy (non-hydrogen) atoms. The van der Waals surface area contributed by atoms with E-state index in [0.29, 0.717) is 21.1 Å². The van der Waals surface area contributed by atoms with Crippen LogP contribution in [-0.2, 0) is 6.54 Å². The molecule has 0 unspecified atom stereocenters. The normalized spacial score (nSPS) is 10.1. The van der Waals surface area contributed by atoms with Crippen LogP contribution in [0.5, 0.6) is 0 Å². The second-order valence-corrected chi connectivity index (χ2v) is 4.19. The van der Waals surface area contributed by atoms with E-state index >= 15 is 0 Å². The molecule has 0 fully saturated rings. The lowest BCUT2D eigenvalue weighted by Gasteiger charge is -1.81. The molecule has 0 N–H and O–H groups in total. The Hall–Kier alpha value is 0.240. The Balaban J connectivity index is 3.07. The van der Waals surface area contributed by atoms with Gasteiger partial charge in [0.2, 0.25) is 0 Å². The molecule has 1 aromatic rings. The molecule has 0 aliphatic rings. The molecule has 0 aliphatic carbocycles. The highest BCUT2D eigenvalue weighted by Crippen LogP contribution is 2.31. The maximum absolute atomic E-state index is 5.80. The predicted octanol–water partition coefficient (Wildman–Crippen LogP) is 3.18. The van der Waals surface area contributed by atoms with Gasteiger partial charge in [0.05, 0.1) is 0 Å². The molecule has 0 spiro atoms. The molecule has 1 heterocycles. The third-order valence-corrected chi connectivity index (χ3v) is 3.54. The van der Waals surface area contributed by atoms with Crippen LogP contribution in [0.4, 0.5) is 0 Å². The summed E-state index contributed by atoms with van der Waals surface area (Å²) in [6, 6.07) is 0. The lowest BCUT2D eigenvalue weighted by molar-refractivity contribution is -0.615. The molecule has 0 atom stereocenters. The topological polar surface area (TPSA) is 3.88 Å². The van der Waals surface area contributed by atoms with Gasteiger partial charge >= 0.3 is 5.15 Å². The average Bonchev–Trinajstić information content (AvgIpc) is 2.19. The highest BCUT2D eigenvalue weighted by molar-refractivity contribution is 7.08. The number of allylic oxidation sites excluding steroid dienone is 1. The summed E-state index contributed by atoms with van der Waals surface area (Å²) < 4.78 is 2.28. The molecule has 1 nitrogen and oxygen atoms in total. The highest BCUT2D eigenvalue weighted by Gasteiger charge is 2.20. The SMILES string of the molecule is C=CC[n+]1sc(Cl)c(Cl)c1Cl. The van der Waals surface area contributed by atoms with Crippen molar-refractivity contribution in [2.45, 2.75) is 6.54 Å². The number of rotatable bonds is 2. The smallest absolute Gasteiger partial charge is 0.117 e. The number of aromatic nitrogens is 1. The number of nitrogens with zero attached hydrogens (tertiary/aromatic N) is 1. The summed E-state index contributed by atoms with van der Waals surface area (Å²) >= 11 is 18.6. The summed E-state index contributed by atoms with van der Waals surface area (Å²) in [5.74, 6) is 0. The Bertz CT molecular complexity index is 282. The number of hydrogen-bond donors (Lipinski definition) is 0. The quantitative estimate of drug-likeness (QED) is 0.542. The lowest BCUT2D eigenvalue weighted by atomic mass is 10.6. The van der Waals surface area contributed by atoms with Crippen molar-refractivity contribution < 1.29 is 3.96 Å². The lowest BCUT2D eigenvalue weighted by Crippen LogP contribution is -2.27. The predicted molar refractivity (Wildman–Crippen MR) is 49.7 cm³/mol. The van der Waals surface area contributed by atoms with Gasteiger partial charge in [0.15, 0.2) is 27.4 Å². The summed E-state index contributed by atoms with van der Waals surface area (Å²) in [6.07, 6.45) is 1.73. The van der Waals surface area contributed by atoms with E-state index in [9.17, 15) is 0 Å². The van der Waals surface area contributed by atoms with Gasteiger partial charge in [-0.25, -0.2) is 0 Å². The fourth-order valence-electron chi connectivity index (χ4n) is 0.602. The Labute approximate surface area is 84.0 Å². The second kappa shape index (κ2) is 3.76. The molecule has 0 aliphatic heterocycles. The molecule has 0 saturated heterocycles. The maximum atomic E-state index is 5.80. The minimum atomic E-state index is 0.417. The Kier molecular flexibility index (Phi) is 3.19. The van der Waals surface area contributed by atoms with E-state index < -0.39 is 0 Å². The van der Waals surface area contributed by atoms with Crippen molar-refractivity contribution in [2.24, 2.45) is 0 Å². The van der Waals surface area contributed by atoms with Gasteiger partial charge in [-0.15, -0.1) is 3.96 Å². The molecule has 60 valence electrons. The largest absolute Gasteiger partial charge is 0.309 e. The fourth-order valence-corrected chi connectivity index (χ4v) is 2.29. The first-order valence-corrected chi connectivity index (χ1v) is 4.72. The summed E-state index contributed by atoms with van der Waals surface area (Å²) in [5.41, 5.74) is 0. The van der Waals surface area contributed by atoms with E-state index in [4.69, 9.17) is 34.8 Å².